The number of Topliss-reactive ketones (excluding diaryl/α,β-unsaturated/α-hetero) is 1. The maximum atomic E-state index is 13.5. The van der Waals surface area contributed by atoms with Crippen molar-refractivity contribution >= 4 is 49.8 Å². The van der Waals surface area contributed by atoms with Crippen molar-refractivity contribution in [2.75, 3.05) is 11.5 Å². The van der Waals surface area contributed by atoms with Gasteiger partial charge in [0.25, 0.3) is 11.5 Å². The molecule has 0 bridgehead atoms. The van der Waals surface area contributed by atoms with E-state index in [0.29, 0.717) is 41.2 Å². The van der Waals surface area contributed by atoms with E-state index in [0.717, 1.165) is 10.3 Å². The van der Waals surface area contributed by atoms with Gasteiger partial charge in [-0.25, -0.2) is 4.98 Å². The number of benzene rings is 3. The van der Waals surface area contributed by atoms with E-state index >= 15 is 0 Å². The molecule has 6 rings (SSSR count). The minimum Gasteiger partial charge on any atom is -0.507 e. The zero-order valence-corrected chi connectivity index (χ0v) is 22.3. The third-order valence-corrected chi connectivity index (χ3v) is 7.92. The SMILES string of the molecule is CCOc1ccc2nc(N3C(=O)C(=O)/C(=C(/O)c4ccc5c(c4)C[C@@H](C)O5)[C@@H]3c3ccc([N+](=O)[O-])cc3)sc2c1. The van der Waals surface area contributed by atoms with Crippen LogP contribution >= 0.6 is 11.3 Å². The van der Waals surface area contributed by atoms with Crippen LogP contribution in [0.25, 0.3) is 16.0 Å². The zero-order valence-electron chi connectivity index (χ0n) is 21.5. The first-order chi connectivity index (χ1) is 19.2. The number of aromatic nitrogens is 1. The van der Waals surface area contributed by atoms with Crippen LogP contribution in [0.2, 0.25) is 0 Å². The summed E-state index contributed by atoms with van der Waals surface area (Å²) in [4.78, 5) is 43.7. The molecule has 1 amide bonds. The molecule has 0 saturated carbocycles. The fourth-order valence-electron chi connectivity index (χ4n) is 5.10. The Morgan fingerprint density at radius 2 is 1.95 bits per heavy atom. The Morgan fingerprint density at radius 3 is 2.67 bits per heavy atom. The number of carbonyl (C=O) groups is 2. The number of ketones is 1. The van der Waals surface area contributed by atoms with E-state index in [1.165, 1.54) is 40.5 Å². The molecule has 2 aliphatic rings. The number of hydrogen-bond acceptors (Lipinski definition) is 9. The Kier molecular flexibility index (Phi) is 6.22. The number of carbonyl (C=O) groups excluding carboxylic acids is 2. The first kappa shape index (κ1) is 25.5. The molecule has 0 unspecified atom stereocenters. The predicted octanol–water partition coefficient (Wildman–Crippen LogP) is 5.55. The number of aliphatic hydroxyl groups is 1. The molecule has 2 aliphatic heterocycles. The van der Waals surface area contributed by atoms with Gasteiger partial charge >= 0.3 is 5.91 Å². The summed E-state index contributed by atoms with van der Waals surface area (Å²) in [5, 5.41) is 23.0. The molecule has 202 valence electrons. The molecule has 10 nitrogen and oxygen atoms in total. The molecule has 0 spiro atoms. The highest BCUT2D eigenvalue weighted by Crippen LogP contribution is 2.45. The fraction of sp³-hybridized carbons (Fsp3) is 0.207. The maximum absolute atomic E-state index is 13.5. The van der Waals surface area contributed by atoms with Gasteiger partial charge in [-0.1, -0.05) is 11.3 Å². The number of amides is 1. The van der Waals surface area contributed by atoms with Gasteiger partial charge < -0.3 is 14.6 Å². The fourth-order valence-corrected chi connectivity index (χ4v) is 6.12. The Bertz CT molecular complexity index is 1730. The Labute approximate surface area is 232 Å². The largest absolute Gasteiger partial charge is 0.507 e. The van der Waals surface area contributed by atoms with E-state index in [-0.39, 0.29) is 28.3 Å². The Morgan fingerprint density at radius 1 is 1.18 bits per heavy atom. The van der Waals surface area contributed by atoms with Crippen LogP contribution in [0.1, 0.15) is 36.6 Å². The van der Waals surface area contributed by atoms with Gasteiger partial charge in [-0.15, -0.1) is 0 Å². The molecular weight excluding hydrogens is 534 g/mol. The second-order valence-corrected chi connectivity index (χ2v) is 10.5. The second kappa shape index (κ2) is 9.76. The second-order valence-electron chi connectivity index (χ2n) is 9.53. The predicted molar refractivity (Wildman–Crippen MR) is 149 cm³/mol. The quantitative estimate of drug-likeness (QED) is 0.107. The van der Waals surface area contributed by atoms with Gasteiger partial charge in [-0.2, -0.15) is 0 Å². The highest BCUT2D eigenvalue weighted by atomic mass is 32.1. The van der Waals surface area contributed by atoms with Crippen molar-refractivity contribution in [2.24, 2.45) is 0 Å². The first-order valence-electron chi connectivity index (χ1n) is 12.6. The number of aliphatic hydroxyl groups excluding tert-OH is 1. The standard InChI is InChI=1S/C29H23N3O7S/c1-3-38-20-9-10-21-23(14-20)40-29(30-21)31-25(16-4-7-19(8-5-16)32(36)37)24(27(34)28(31)35)26(33)17-6-11-22-18(13-17)12-15(2)39-22/h4-11,13-15,25,33H,3,12H2,1-2H3/b26-24+/t15-,25+/m1/s1. The van der Waals surface area contributed by atoms with Crippen molar-refractivity contribution in [3.8, 4) is 11.5 Å². The summed E-state index contributed by atoms with van der Waals surface area (Å²) in [5.41, 5.74) is 2.01. The minimum absolute atomic E-state index is 0.0136. The lowest BCUT2D eigenvalue weighted by molar-refractivity contribution is -0.384. The van der Waals surface area contributed by atoms with Gasteiger partial charge in [-0.05, 0) is 73.5 Å². The normalized spacial score (nSPS) is 19.6. The lowest BCUT2D eigenvalue weighted by Crippen LogP contribution is -2.29. The molecule has 1 saturated heterocycles. The molecule has 4 aromatic rings. The third-order valence-electron chi connectivity index (χ3n) is 6.90. The van der Waals surface area contributed by atoms with Gasteiger partial charge in [-0.3, -0.25) is 24.6 Å². The summed E-state index contributed by atoms with van der Waals surface area (Å²) in [7, 11) is 0. The van der Waals surface area contributed by atoms with Crippen LogP contribution < -0.4 is 14.4 Å². The number of nitro benzene ring substituents is 1. The van der Waals surface area contributed by atoms with Crippen LogP contribution in [0.4, 0.5) is 10.8 Å². The van der Waals surface area contributed by atoms with Crippen LogP contribution in [0.15, 0.2) is 66.2 Å². The van der Waals surface area contributed by atoms with E-state index in [2.05, 4.69) is 4.98 Å². The van der Waals surface area contributed by atoms with Crippen molar-refractivity contribution in [1.82, 2.24) is 4.98 Å². The third kappa shape index (κ3) is 4.24. The maximum Gasteiger partial charge on any atom is 0.301 e. The van der Waals surface area contributed by atoms with Crippen molar-refractivity contribution in [1.29, 1.82) is 0 Å². The molecule has 1 aromatic heterocycles. The summed E-state index contributed by atoms with van der Waals surface area (Å²) in [6, 6.07) is 15.0. The molecule has 11 heteroatoms. The van der Waals surface area contributed by atoms with Crippen molar-refractivity contribution in [2.45, 2.75) is 32.4 Å². The molecule has 3 heterocycles. The van der Waals surface area contributed by atoms with Gasteiger partial charge in [0.2, 0.25) is 0 Å². The number of nitrogens with zero attached hydrogens (tertiary/aromatic N) is 3. The smallest absolute Gasteiger partial charge is 0.301 e. The molecule has 2 atom stereocenters. The highest BCUT2D eigenvalue weighted by Gasteiger charge is 2.48. The number of non-ortho nitro benzene ring substituents is 1. The van der Waals surface area contributed by atoms with Gasteiger partial charge in [0.1, 0.15) is 23.4 Å². The van der Waals surface area contributed by atoms with Crippen LogP contribution in [0.5, 0.6) is 11.5 Å². The number of ether oxygens (including phenoxy) is 2. The molecule has 1 fully saturated rings. The average Bonchev–Trinajstić information content (AvgIpc) is 3.60. The van der Waals surface area contributed by atoms with E-state index in [4.69, 9.17) is 9.47 Å². The lowest BCUT2D eigenvalue weighted by Gasteiger charge is -2.23. The lowest BCUT2D eigenvalue weighted by atomic mass is 9.94. The van der Waals surface area contributed by atoms with Gasteiger partial charge in [0.15, 0.2) is 5.13 Å². The number of anilines is 1. The number of rotatable bonds is 6. The van der Waals surface area contributed by atoms with Crippen molar-refractivity contribution < 1.29 is 29.1 Å². The van der Waals surface area contributed by atoms with Crippen LogP contribution in [-0.2, 0) is 16.0 Å². The van der Waals surface area contributed by atoms with E-state index in [1.54, 1.807) is 30.3 Å². The number of fused-ring (bicyclic) bond motifs is 2. The summed E-state index contributed by atoms with van der Waals surface area (Å²) in [6.07, 6.45) is 0.631. The van der Waals surface area contributed by atoms with Crippen LogP contribution in [0.3, 0.4) is 0 Å². The topological polar surface area (TPSA) is 132 Å². The van der Waals surface area contributed by atoms with E-state index in [1.807, 2.05) is 19.9 Å². The summed E-state index contributed by atoms with van der Waals surface area (Å²) in [6.45, 7) is 4.30. The molecule has 3 aromatic carbocycles. The van der Waals surface area contributed by atoms with Gasteiger partial charge in [0, 0.05) is 24.1 Å². The average molecular weight is 558 g/mol. The van der Waals surface area contributed by atoms with Crippen LogP contribution in [0, 0.1) is 10.1 Å². The molecular formula is C29H23N3O7S. The number of nitro groups is 1. The first-order valence-corrected chi connectivity index (χ1v) is 13.5. The molecule has 0 aliphatic carbocycles. The number of hydrogen-bond donors (Lipinski definition) is 1. The minimum atomic E-state index is -1.06. The number of thiazole rings is 1. The molecule has 0 radical (unpaired) electrons. The van der Waals surface area contributed by atoms with E-state index in [9.17, 15) is 24.8 Å². The summed E-state index contributed by atoms with van der Waals surface area (Å²) >= 11 is 1.21. The zero-order chi connectivity index (χ0) is 28.1. The Hall–Kier alpha value is -4.77. The molecule has 1 N–H and O–H groups in total. The molecule has 40 heavy (non-hydrogen) atoms. The Balaban J connectivity index is 1.51. The highest BCUT2D eigenvalue weighted by molar-refractivity contribution is 7.22. The van der Waals surface area contributed by atoms with Gasteiger partial charge in [0.05, 0.1) is 33.4 Å². The van der Waals surface area contributed by atoms with E-state index < -0.39 is 22.7 Å². The van der Waals surface area contributed by atoms with Crippen molar-refractivity contribution in [3.63, 3.8) is 0 Å². The summed E-state index contributed by atoms with van der Waals surface area (Å²) in [5.74, 6) is -0.718. The van der Waals surface area contributed by atoms with Crippen LogP contribution in [-0.4, -0.2) is 39.4 Å². The summed E-state index contributed by atoms with van der Waals surface area (Å²) < 4.78 is 12.1. The monoisotopic (exact) mass is 557 g/mol. The van der Waals surface area contributed by atoms with Crippen molar-refractivity contribution in [3.05, 3.63) is 93.0 Å².